The van der Waals surface area contributed by atoms with Crippen LogP contribution in [0.15, 0.2) is 51.6 Å². The summed E-state index contributed by atoms with van der Waals surface area (Å²) < 4.78 is 13.5. The average molecular weight is 445 g/mol. The van der Waals surface area contributed by atoms with E-state index in [-0.39, 0.29) is 5.91 Å². The van der Waals surface area contributed by atoms with Gasteiger partial charge in [0, 0.05) is 23.5 Å². The van der Waals surface area contributed by atoms with Crippen molar-refractivity contribution < 1.29 is 13.9 Å². The molecule has 8 heteroatoms. The molecule has 1 aliphatic carbocycles. The van der Waals surface area contributed by atoms with Crippen molar-refractivity contribution >= 4 is 21.8 Å². The molecule has 1 aromatic carbocycles. The molecule has 2 heterocycles. The van der Waals surface area contributed by atoms with Gasteiger partial charge in [0.25, 0.3) is 5.91 Å². The Morgan fingerprint density at radius 1 is 1.29 bits per heavy atom. The fourth-order valence-electron chi connectivity index (χ4n) is 2.97. The van der Waals surface area contributed by atoms with Gasteiger partial charge in [0.1, 0.15) is 12.4 Å². The number of nitrogens with one attached hydrogen (secondary N) is 1. The first-order valence-electron chi connectivity index (χ1n) is 9.32. The number of halogens is 1. The van der Waals surface area contributed by atoms with Crippen molar-refractivity contribution in [1.82, 2.24) is 20.3 Å². The van der Waals surface area contributed by atoms with E-state index < -0.39 is 0 Å². The fraction of sp³-hybridized carbons (Fsp3) is 0.350. The third kappa shape index (κ3) is 4.51. The van der Waals surface area contributed by atoms with Crippen molar-refractivity contribution in [3.63, 3.8) is 0 Å². The van der Waals surface area contributed by atoms with E-state index >= 15 is 0 Å². The zero-order valence-corrected chi connectivity index (χ0v) is 16.9. The van der Waals surface area contributed by atoms with Crippen LogP contribution in [-0.2, 0) is 11.3 Å². The molecule has 0 spiro atoms. The number of carbonyl (C=O) groups is 1. The molecule has 0 atom stereocenters. The number of hydrogen-bond acceptors (Lipinski definition) is 5. The van der Waals surface area contributed by atoms with Crippen LogP contribution in [0, 0.1) is 0 Å². The highest BCUT2D eigenvalue weighted by Gasteiger charge is 2.34. The average Bonchev–Trinajstić information content (AvgIpc) is 3.23. The highest BCUT2D eigenvalue weighted by Crippen LogP contribution is 2.42. The summed E-state index contributed by atoms with van der Waals surface area (Å²) in [5.74, 6) is 0.954. The van der Waals surface area contributed by atoms with Gasteiger partial charge in [-0.15, -0.1) is 5.10 Å². The van der Waals surface area contributed by atoms with E-state index in [1.807, 2.05) is 36.4 Å². The molecule has 1 aliphatic rings. The number of furan rings is 1. The van der Waals surface area contributed by atoms with Crippen LogP contribution in [0.4, 0.5) is 0 Å². The Balaban J connectivity index is 1.33. The van der Waals surface area contributed by atoms with Gasteiger partial charge in [0.05, 0.1) is 17.6 Å². The first-order chi connectivity index (χ1) is 13.7. The predicted octanol–water partition coefficient (Wildman–Crippen LogP) is 3.84. The summed E-state index contributed by atoms with van der Waals surface area (Å²) in [5, 5.41) is 11.3. The normalized spacial score (nSPS) is 13.6. The van der Waals surface area contributed by atoms with Crippen LogP contribution in [-0.4, -0.2) is 34.1 Å². The molecule has 1 amide bonds. The number of amides is 1. The number of benzene rings is 1. The molecule has 1 N–H and O–H groups in total. The molecule has 7 nitrogen and oxygen atoms in total. The van der Waals surface area contributed by atoms with E-state index in [1.54, 1.807) is 10.9 Å². The highest BCUT2D eigenvalue weighted by atomic mass is 79.9. The predicted molar refractivity (Wildman–Crippen MR) is 106 cm³/mol. The van der Waals surface area contributed by atoms with E-state index in [2.05, 4.69) is 31.6 Å². The van der Waals surface area contributed by atoms with Crippen molar-refractivity contribution in [2.45, 2.75) is 31.8 Å². The Bertz CT molecular complexity index is 918. The summed E-state index contributed by atoms with van der Waals surface area (Å²) >= 11 is 3.44. The minimum Gasteiger partial charge on any atom is -0.467 e. The van der Waals surface area contributed by atoms with Crippen LogP contribution >= 0.6 is 15.9 Å². The van der Waals surface area contributed by atoms with Gasteiger partial charge in [-0.05, 0) is 55.7 Å². The number of ether oxygens (including phenoxy) is 1. The smallest absolute Gasteiger partial charge is 0.273 e. The van der Waals surface area contributed by atoms with Gasteiger partial charge < -0.3 is 14.5 Å². The van der Waals surface area contributed by atoms with Crippen LogP contribution in [0.25, 0.3) is 5.69 Å². The number of rotatable bonds is 9. The van der Waals surface area contributed by atoms with Gasteiger partial charge in [-0.3, -0.25) is 4.79 Å². The van der Waals surface area contributed by atoms with Gasteiger partial charge in [0.15, 0.2) is 5.69 Å². The van der Waals surface area contributed by atoms with Gasteiger partial charge in [-0.1, -0.05) is 21.1 Å². The lowest BCUT2D eigenvalue weighted by molar-refractivity contribution is 0.0912. The number of hydrogen-bond donors (Lipinski definition) is 1. The maximum atomic E-state index is 12.6. The maximum Gasteiger partial charge on any atom is 0.273 e. The van der Waals surface area contributed by atoms with Gasteiger partial charge in [0.2, 0.25) is 0 Å². The second-order valence-corrected chi connectivity index (χ2v) is 7.64. The molecule has 4 rings (SSSR count). The first-order valence-corrected chi connectivity index (χ1v) is 10.1. The summed E-state index contributed by atoms with van der Waals surface area (Å²) in [6.07, 6.45) is 4.46. The molecule has 0 radical (unpaired) electrons. The van der Waals surface area contributed by atoms with Crippen molar-refractivity contribution in [1.29, 1.82) is 0 Å². The Morgan fingerprint density at radius 3 is 2.82 bits per heavy atom. The summed E-state index contributed by atoms with van der Waals surface area (Å²) in [6, 6.07) is 11.5. The SMILES string of the molecule is O=C(NCCCOCc1ccco1)c1nnn(-c2ccc(Br)cc2)c1C1CC1. The van der Waals surface area contributed by atoms with Crippen LogP contribution in [0.3, 0.4) is 0 Å². The quantitative estimate of drug-likeness (QED) is 0.507. The molecule has 3 aromatic rings. The molecule has 28 heavy (non-hydrogen) atoms. The lowest BCUT2D eigenvalue weighted by atomic mass is 10.2. The van der Waals surface area contributed by atoms with E-state index in [0.717, 1.165) is 34.5 Å². The van der Waals surface area contributed by atoms with Gasteiger partial charge in [-0.25, -0.2) is 4.68 Å². The zero-order chi connectivity index (χ0) is 19.3. The third-order valence-electron chi connectivity index (χ3n) is 4.53. The summed E-state index contributed by atoms with van der Waals surface area (Å²) in [4.78, 5) is 12.6. The van der Waals surface area contributed by atoms with E-state index in [0.29, 0.717) is 37.8 Å². The Morgan fingerprint density at radius 2 is 2.11 bits per heavy atom. The maximum absolute atomic E-state index is 12.6. The Kier molecular flexibility index (Phi) is 5.87. The number of nitrogens with zero attached hydrogens (tertiary/aromatic N) is 3. The van der Waals surface area contributed by atoms with Crippen molar-refractivity contribution in [2.75, 3.05) is 13.2 Å². The van der Waals surface area contributed by atoms with Crippen LogP contribution < -0.4 is 5.32 Å². The summed E-state index contributed by atoms with van der Waals surface area (Å²) in [5.41, 5.74) is 2.22. The molecule has 0 saturated heterocycles. The van der Waals surface area contributed by atoms with E-state index in [1.165, 1.54) is 0 Å². The molecule has 0 aliphatic heterocycles. The van der Waals surface area contributed by atoms with Gasteiger partial charge in [-0.2, -0.15) is 0 Å². The summed E-state index contributed by atoms with van der Waals surface area (Å²) in [7, 11) is 0. The standard InChI is InChI=1S/C20H21BrN4O3/c21-15-6-8-16(9-7-15)25-19(14-4-5-14)18(23-24-25)20(26)22-10-2-11-27-13-17-3-1-12-28-17/h1,3,6-9,12,14H,2,4-5,10-11,13H2,(H,22,26). The van der Waals surface area contributed by atoms with Crippen LogP contribution in [0.5, 0.6) is 0 Å². The molecule has 2 aromatic heterocycles. The minimum absolute atomic E-state index is 0.184. The monoisotopic (exact) mass is 444 g/mol. The molecular weight excluding hydrogens is 424 g/mol. The molecule has 1 saturated carbocycles. The Hall–Kier alpha value is -2.45. The van der Waals surface area contributed by atoms with Gasteiger partial charge >= 0.3 is 0 Å². The van der Waals surface area contributed by atoms with Crippen LogP contribution in [0.1, 0.15) is 47.1 Å². The van der Waals surface area contributed by atoms with E-state index in [9.17, 15) is 4.79 Å². The molecule has 0 bridgehead atoms. The molecule has 1 fully saturated rings. The number of carbonyl (C=O) groups excluding carboxylic acids is 1. The zero-order valence-electron chi connectivity index (χ0n) is 15.3. The Labute approximate surface area is 171 Å². The molecular formula is C20H21BrN4O3. The van der Waals surface area contributed by atoms with Crippen molar-refractivity contribution in [3.05, 3.63) is 64.3 Å². The van der Waals surface area contributed by atoms with Crippen molar-refractivity contribution in [3.8, 4) is 5.69 Å². The summed E-state index contributed by atoms with van der Waals surface area (Å²) in [6.45, 7) is 1.50. The molecule has 146 valence electrons. The number of aromatic nitrogens is 3. The van der Waals surface area contributed by atoms with Crippen LogP contribution in [0.2, 0.25) is 0 Å². The lowest BCUT2D eigenvalue weighted by Gasteiger charge is -2.08. The highest BCUT2D eigenvalue weighted by molar-refractivity contribution is 9.10. The fourth-order valence-corrected chi connectivity index (χ4v) is 3.24. The minimum atomic E-state index is -0.184. The topological polar surface area (TPSA) is 82.2 Å². The third-order valence-corrected chi connectivity index (χ3v) is 5.06. The van der Waals surface area contributed by atoms with Crippen molar-refractivity contribution in [2.24, 2.45) is 0 Å². The lowest BCUT2D eigenvalue weighted by Crippen LogP contribution is -2.26. The largest absolute Gasteiger partial charge is 0.467 e. The first kappa shape index (κ1) is 18.9. The second kappa shape index (κ2) is 8.70. The van der Waals surface area contributed by atoms with E-state index in [4.69, 9.17) is 9.15 Å². The second-order valence-electron chi connectivity index (χ2n) is 6.73. The molecule has 0 unspecified atom stereocenters.